The van der Waals surface area contributed by atoms with Gasteiger partial charge in [0.2, 0.25) is 0 Å². The van der Waals surface area contributed by atoms with Crippen molar-refractivity contribution in [3.63, 3.8) is 0 Å². The highest BCUT2D eigenvalue weighted by atomic mass is 19.1. The molecule has 1 N–H and O–H groups in total. The van der Waals surface area contributed by atoms with Crippen molar-refractivity contribution in [3.8, 4) is 0 Å². The summed E-state index contributed by atoms with van der Waals surface area (Å²) in [6.45, 7) is 1.64. The van der Waals surface area contributed by atoms with Gasteiger partial charge in [-0.1, -0.05) is 7.43 Å². The number of anilines is 1. The molecular weight excluding hydrogens is 433 g/mol. The maximum atomic E-state index is 15.8. The summed E-state index contributed by atoms with van der Waals surface area (Å²) in [5.74, 6) is -2.05. The van der Waals surface area contributed by atoms with E-state index in [9.17, 15) is 13.6 Å². The summed E-state index contributed by atoms with van der Waals surface area (Å²) in [6, 6.07) is 4.36. The lowest BCUT2D eigenvalue weighted by molar-refractivity contribution is 0.0697. The number of carbonyl (C=O) groups excluding carboxylic acids is 1. The molecule has 0 aliphatic carbocycles. The van der Waals surface area contributed by atoms with E-state index in [0.29, 0.717) is 45.4 Å². The average molecular weight is 461 g/mol. The van der Waals surface area contributed by atoms with Gasteiger partial charge in [0.15, 0.2) is 5.82 Å². The summed E-state index contributed by atoms with van der Waals surface area (Å²) in [5, 5.41) is 7.06. The van der Waals surface area contributed by atoms with Crippen LogP contribution in [-0.4, -0.2) is 41.3 Å². The first kappa shape index (κ1) is 23.1. The summed E-state index contributed by atoms with van der Waals surface area (Å²) in [4.78, 5) is 14.6. The predicted molar refractivity (Wildman–Crippen MR) is 119 cm³/mol. The molecule has 2 aromatic heterocycles. The quantitative estimate of drug-likeness (QED) is 0.617. The number of halogens is 3. The predicted octanol–water partition coefficient (Wildman–Crippen LogP) is 4.64. The van der Waals surface area contributed by atoms with E-state index in [1.165, 1.54) is 16.8 Å². The Labute approximate surface area is 190 Å². The number of ether oxygens (including phenoxy) is 1. The first-order valence-electron chi connectivity index (χ1n) is 10.8. The number of fused-ring (bicyclic) bond motifs is 1. The molecule has 9 heteroatoms. The standard InChI is InChI=1S/C23H23F3N4O2.CH4/c24-14-3-4-18(25)16(12-14)19-2-1-8-29(19)20-5-9-30-22(21(20)26)17(13-27-30)23(31)28-15-6-10-32-11-7-15;/h3-5,9,12-13,15,19H,1-2,6-8,10-11H2,(H,28,31);1H4/t19-;/m1./s1. The molecule has 1 amide bonds. The second-order valence-electron chi connectivity index (χ2n) is 8.24. The zero-order valence-corrected chi connectivity index (χ0v) is 17.4. The number of amides is 1. The Morgan fingerprint density at radius 2 is 1.91 bits per heavy atom. The minimum Gasteiger partial charge on any atom is -0.381 e. The fourth-order valence-corrected chi connectivity index (χ4v) is 4.67. The first-order valence-corrected chi connectivity index (χ1v) is 10.8. The number of pyridine rings is 1. The molecule has 0 radical (unpaired) electrons. The van der Waals surface area contributed by atoms with Gasteiger partial charge in [0.1, 0.15) is 17.2 Å². The van der Waals surface area contributed by atoms with Crippen molar-refractivity contribution >= 4 is 17.1 Å². The van der Waals surface area contributed by atoms with Crippen molar-refractivity contribution in [1.29, 1.82) is 0 Å². The highest BCUT2D eigenvalue weighted by Gasteiger charge is 2.32. The van der Waals surface area contributed by atoms with Crippen molar-refractivity contribution < 1.29 is 22.7 Å². The minimum atomic E-state index is -0.606. The molecule has 2 aliphatic rings. The largest absolute Gasteiger partial charge is 0.381 e. The van der Waals surface area contributed by atoms with Crippen LogP contribution in [0.3, 0.4) is 0 Å². The SMILES string of the molecule is C.O=C(NC1CCOCC1)c1cnn2ccc(N3CCC[C@@H]3c3cc(F)ccc3F)c(F)c12. The van der Waals surface area contributed by atoms with Crippen LogP contribution in [0.1, 0.15) is 55.1 Å². The molecule has 0 spiro atoms. The Morgan fingerprint density at radius 1 is 1.12 bits per heavy atom. The molecule has 3 aromatic rings. The zero-order chi connectivity index (χ0) is 22.2. The van der Waals surface area contributed by atoms with Crippen LogP contribution in [-0.2, 0) is 4.74 Å². The van der Waals surface area contributed by atoms with Gasteiger partial charge in [-0.25, -0.2) is 17.7 Å². The van der Waals surface area contributed by atoms with Crippen LogP contribution < -0.4 is 10.2 Å². The second kappa shape index (κ2) is 9.43. The molecule has 2 fully saturated rings. The van der Waals surface area contributed by atoms with E-state index in [1.54, 1.807) is 17.2 Å². The lowest BCUT2D eigenvalue weighted by Gasteiger charge is -2.28. The Morgan fingerprint density at radius 3 is 2.70 bits per heavy atom. The van der Waals surface area contributed by atoms with Crippen molar-refractivity contribution in [2.24, 2.45) is 0 Å². The molecule has 0 saturated carbocycles. The molecule has 1 aromatic carbocycles. The Bertz CT molecular complexity index is 1160. The van der Waals surface area contributed by atoms with Gasteiger partial charge in [-0.05, 0) is 49.9 Å². The summed E-state index contributed by atoms with van der Waals surface area (Å²) in [7, 11) is 0. The van der Waals surface area contributed by atoms with Gasteiger partial charge in [0, 0.05) is 37.6 Å². The topological polar surface area (TPSA) is 58.9 Å². The van der Waals surface area contributed by atoms with Crippen molar-refractivity contribution in [2.75, 3.05) is 24.7 Å². The number of nitrogens with zero attached hydrogens (tertiary/aromatic N) is 3. The average Bonchev–Trinajstić information content (AvgIpc) is 3.44. The van der Waals surface area contributed by atoms with E-state index >= 15 is 4.39 Å². The third kappa shape index (κ3) is 4.29. The van der Waals surface area contributed by atoms with Crippen LogP contribution in [0.25, 0.3) is 5.52 Å². The smallest absolute Gasteiger partial charge is 0.255 e. The van der Waals surface area contributed by atoms with Gasteiger partial charge in [-0.15, -0.1) is 0 Å². The van der Waals surface area contributed by atoms with Crippen molar-refractivity contribution in [2.45, 2.75) is 45.2 Å². The van der Waals surface area contributed by atoms with Gasteiger partial charge in [-0.3, -0.25) is 4.79 Å². The van der Waals surface area contributed by atoms with Crippen molar-refractivity contribution in [3.05, 3.63) is 65.2 Å². The van der Waals surface area contributed by atoms with E-state index in [4.69, 9.17) is 4.74 Å². The fourth-order valence-electron chi connectivity index (χ4n) is 4.67. The van der Waals surface area contributed by atoms with E-state index in [0.717, 1.165) is 12.1 Å². The van der Waals surface area contributed by atoms with Gasteiger partial charge >= 0.3 is 0 Å². The first-order chi connectivity index (χ1) is 15.5. The van der Waals surface area contributed by atoms with Crippen molar-refractivity contribution in [1.82, 2.24) is 14.9 Å². The molecule has 0 unspecified atom stereocenters. The van der Waals surface area contributed by atoms with E-state index in [-0.39, 0.29) is 35.8 Å². The van der Waals surface area contributed by atoms with Gasteiger partial charge in [-0.2, -0.15) is 5.10 Å². The van der Waals surface area contributed by atoms with Crippen LogP contribution in [0.5, 0.6) is 0 Å². The third-order valence-corrected chi connectivity index (χ3v) is 6.28. The number of aromatic nitrogens is 2. The van der Waals surface area contributed by atoms with E-state index in [1.807, 2.05) is 0 Å². The van der Waals surface area contributed by atoms with E-state index < -0.39 is 29.4 Å². The summed E-state index contributed by atoms with van der Waals surface area (Å²) in [6.07, 6.45) is 5.62. The molecule has 1 atom stereocenters. The lowest BCUT2D eigenvalue weighted by Crippen LogP contribution is -2.38. The fraction of sp³-hybridized carbons (Fsp3) is 0.417. The maximum Gasteiger partial charge on any atom is 0.255 e. The number of hydrogen-bond acceptors (Lipinski definition) is 4. The highest BCUT2D eigenvalue weighted by molar-refractivity contribution is 6.01. The third-order valence-electron chi connectivity index (χ3n) is 6.28. The minimum absolute atomic E-state index is 0. The molecule has 176 valence electrons. The molecule has 2 saturated heterocycles. The van der Waals surface area contributed by atoms with Gasteiger partial charge in [0.25, 0.3) is 5.91 Å². The number of nitrogens with one attached hydrogen (secondary N) is 1. The Kier molecular flexibility index (Phi) is 6.60. The number of carbonyl (C=O) groups is 1. The Hall–Kier alpha value is -3.07. The molecule has 5 rings (SSSR count). The zero-order valence-electron chi connectivity index (χ0n) is 17.4. The van der Waals surface area contributed by atoms with Crippen LogP contribution >= 0.6 is 0 Å². The van der Waals surface area contributed by atoms with Crippen LogP contribution in [0.4, 0.5) is 18.9 Å². The molecule has 33 heavy (non-hydrogen) atoms. The molecule has 4 heterocycles. The number of benzene rings is 1. The summed E-state index contributed by atoms with van der Waals surface area (Å²) in [5.41, 5.74) is 0.651. The monoisotopic (exact) mass is 460 g/mol. The second-order valence-corrected chi connectivity index (χ2v) is 8.24. The number of hydrogen-bond donors (Lipinski definition) is 1. The highest BCUT2D eigenvalue weighted by Crippen LogP contribution is 2.39. The van der Waals surface area contributed by atoms with Crippen LogP contribution in [0.2, 0.25) is 0 Å². The summed E-state index contributed by atoms with van der Waals surface area (Å²) >= 11 is 0. The Balaban J connectivity index is 0.00000259. The lowest BCUT2D eigenvalue weighted by atomic mass is 10.0. The summed E-state index contributed by atoms with van der Waals surface area (Å²) < 4.78 is 50.6. The van der Waals surface area contributed by atoms with E-state index in [2.05, 4.69) is 10.4 Å². The van der Waals surface area contributed by atoms with Gasteiger partial charge in [0.05, 0.1) is 23.5 Å². The molecule has 6 nitrogen and oxygen atoms in total. The number of rotatable bonds is 4. The molecule has 2 aliphatic heterocycles. The van der Waals surface area contributed by atoms with Gasteiger partial charge < -0.3 is 15.0 Å². The maximum absolute atomic E-state index is 15.8. The molecule has 0 bridgehead atoms. The normalized spacial score (nSPS) is 19.0. The molecular formula is C24H27F3N4O2. The van der Waals surface area contributed by atoms with Crippen LogP contribution in [0.15, 0.2) is 36.7 Å². The van der Waals surface area contributed by atoms with Crippen LogP contribution in [0, 0.1) is 17.5 Å².